The molecule has 0 aromatic heterocycles. The number of nitrogens with zero attached hydrogens (tertiary/aromatic N) is 1. The highest BCUT2D eigenvalue weighted by molar-refractivity contribution is 9.10. The molecule has 1 aliphatic rings. The molecule has 1 heterocycles. The summed E-state index contributed by atoms with van der Waals surface area (Å²) in [5.41, 5.74) is 1.45. The van der Waals surface area contributed by atoms with E-state index in [2.05, 4.69) is 15.9 Å². The number of hydrogen-bond donors (Lipinski definition) is 1. The van der Waals surface area contributed by atoms with Gasteiger partial charge in [0.2, 0.25) is 0 Å². The Morgan fingerprint density at radius 2 is 1.95 bits per heavy atom. The minimum absolute atomic E-state index is 0.0914. The van der Waals surface area contributed by atoms with Crippen LogP contribution in [0.4, 0.5) is 0 Å². The number of piperidine rings is 1. The van der Waals surface area contributed by atoms with E-state index < -0.39 is 5.97 Å². The molecule has 20 heavy (non-hydrogen) atoms. The van der Waals surface area contributed by atoms with Crippen LogP contribution in [0.25, 0.3) is 0 Å². The molecule has 1 amide bonds. The standard InChI is InChI=1S/C14H15BrClNO3/c1-8-6-10(7-11(16)12(8)15)13(18)17-4-2-9(3-5-17)14(19)20/h6-7,9H,2-5H2,1H3,(H,19,20). The van der Waals surface area contributed by atoms with Crippen LogP contribution < -0.4 is 0 Å². The summed E-state index contributed by atoms with van der Waals surface area (Å²) in [5.74, 6) is -1.21. The number of rotatable bonds is 2. The van der Waals surface area contributed by atoms with Crippen molar-refractivity contribution in [2.45, 2.75) is 19.8 Å². The summed E-state index contributed by atoms with van der Waals surface area (Å²) in [6, 6.07) is 3.44. The molecule has 0 unspecified atom stereocenters. The van der Waals surface area contributed by atoms with Gasteiger partial charge in [0.05, 0.1) is 10.9 Å². The lowest BCUT2D eigenvalue weighted by Crippen LogP contribution is -2.40. The Morgan fingerprint density at radius 3 is 2.45 bits per heavy atom. The zero-order valence-corrected chi connectivity index (χ0v) is 13.4. The van der Waals surface area contributed by atoms with Crippen molar-refractivity contribution in [1.82, 2.24) is 4.90 Å². The van der Waals surface area contributed by atoms with Gasteiger partial charge in [-0.3, -0.25) is 9.59 Å². The van der Waals surface area contributed by atoms with Gasteiger partial charge in [-0.15, -0.1) is 0 Å². The average molecular weight is 361 g/mol. The van der Waals surface area contributed by atoms with Gasteiger partial charge in [-0.25, -0.2) is 0 Å². The van der Waals surface area contributed by atoms with Crippen molar-refractivity contribution in [3.05, 3.63) is 32.8 Å². The highest BCUT2D eigenvalue weighted by Crippen LogP contribution is 2.28. The molecule has 6 heteroatoms. The lowest BCUT2D eigenvalue weighted by Gasteiger charge is -2.30. The Balaban J connectivity index is 2.11. The predicted octanol–water partition coefficient (Wildman–Crippen LogP) is 3.35. The fraction of sp³-hybridized carbons (Fsp3) is 0.429. The minimum Gasteiger partial charge on any atom is -0.481 e. The summed E-state index contributed by atoms with van der Waals surface area (Å²) < 4.78 is 0.792. The van der Waals surface area contributed by atoms with E-state index in [4.69, 9.17) is 16.7 Å². The number of aryl methyl sites for hydroxylation is 1. The van der Waals surface area contributed by atoms with Crippen LogP contribution in [0.5, 0.6) is 0 Å². The van der Waals surface area contributed by atoms with Gasteiger partial charge in [0.25, 0.3) is 5.91 Å². The van der Waals surface area contributed by atoms with E-state index in [1.54, 1.807) is 17.0 Å². The topological polar surface area (TPSA) is 57.6 Å². The summed E-state index contributed by atoms with van der Waals surface area (Å²) >= 11 is 9.43. The van der Waals surface area contributed by atoms with Gasteiger partial charge in [-0.2, -0.15) is 0 Å². The molecule has 0 atom stereocenters. The number of aliphatic carboxylic acids is 1. The Labute approximate surface area is 130 Å². The van der Waals surface area contributed by atoms with Crippen LogP contribution in [0.3, 0.4) is 0 Å². The van der Waals surface area contributed by atoms with Gasteiger partial charge in [0.15, 0.2) is 0 Å². The molecule has 1 fully saturated rings. The third kappa shape index (κ3) is 3.15. The van der Waals surface area contributed by atoms with Crippen molar-refractivity contribution < 1.29 is 14.7 Å². The molecule has 1 aliphatic heterocycles. The molecule has 0 spiro atoms. The molecule has 2 rings (SSSR count). The Kier molecular flexibility index (Phi) is 4.70. The van der Waals surface area contributed by atoms with Gasteiger partial charge in [0.1, 0.15) is 0 Å². The molecule has 4 nitrogen and oxygen atoms in total. The molecule has 0 saturated carbocycles. The molecule has 0 bridgehead atoms. The molecule has 1 saturated heterocycles. The number of amides is 1. The summed E-state index contributed by atoms with van der Waals surface area (Å²) in [6.07, 6.45) is 1.01. The minimum atomic E-state index is -0.778. The molecule has 1 aromatic carbocycles. The molecule has 0 aliphatic carbocycles. The van der Waals surface area contributed by atoms with E-state index in [1.165, 1.54) is 0 Å². The first-order valence-corrected chi connectivity index (χ1v) is 7.55. The van der Waals surface area contributed by atoms with Gasteiger partial charge >= 0.3 is 5.97 Å². The molecule has 1 N–H and O–H groups in total. The summed E-state index contributed by atoms with van der Waals surface area (Å²) in [5, 5.41) is 9.47. The number of benzene rings is 1. The number of carboxylic acid groups (broad SMARTS) is 1. The number of halogens is 2. The quantitative estimate of drug-likeness (QED) is 0.880. The van der Waals surface area contributed by atoms with E-state index in [0.29, 0.717) is 36.5 Å². The van der Waals surface area contributed by atoms with Crippen molar-refractivity contribution in [2.24, 2.45) is 5.92 Å². The second-order valence-corrected chi connectivity index (χ2v) is 6.19. The van der Waals surface area contributed by atoms with Crippen LogP contribution in [0.2, 0.25) is 5.02 Å². The fourth-order valence-electron chi connectivity index (χ4n) is 2.36. The first-order valence-electron chi connectivity index (χ1n) is 6.38. The van der Waals surface area contributed by atoms with E-state index >= 15 is 0 Å². The normalized spacial score (nSPS) is 16.2. The Morgan fingerprint density at radius 1 is 1.35 bits per heavy atom. The average Bonchev–Trinajstić information content (AvgIpc) is 2.43. The smallest absolute Gasteiger partial charge is 0.306 e. The summed E-state index contributed by atoms with van der Waals surface area (Å²) in [4.78, 5) is 25.0. The number of carbonyl (C=O) groups excluding carboxylic acids is 1. The third-order valence-corrected chi connectivity index (χ3v) is 5.17. The van der Waals surface area contributed by atoms with Crippen LogP contribution in [-0.2, 0) is 4.79 Å². The SMILES string of the molecule is Cc1cc(C(=O)N2CCC(C(=O)O)CC2)cc(Cl)c1Br. The van der Waals surface area contributed by atoms with E-state index in [9.17, 15) is 9.59 Å². The molecule has 0 radical (unpaired) electrons. The number of hydrogen-bond acceptors (Lipinski definition) is 2. The van der Waals surface area contributed by atoms with Crippen LogP contribution in [0, 0.1) is 12.8 Å². The van der Waals surface area contributed by atoms with Crippen molar-refractivity contribution in [3.8, 4) is 0 Å². The monoisotopic (exact) mass is 359 g/mol. The first kappa shape index (κ1) is 15.3. The molecule has 1 aromatic rings. The second kappa shape index (κ2) is 6.14. The van der Waals surface area contributed by atoms with Gasteiger partial charge in [-0.05, 0) is 53.4 Å². The molecule has 108 valence electrons. The third-order valence-electron chi connectivity index (χ3n) is 3.59. The number of carboxylic acids is 1. The van der Waals surface area contributed by atoms with E-state index in [0.717, 1.165) is 10.0 Å². The largest absolute Gasteiger partial charge is 0.481 e. The highest BCUT2D eigenvalue weighted by atomic mass is 79.9. The zero-order chi connectivity index (χ0) is 14.9. The summed E-state index contributed by atoms with van der Waals surface area (Å²) in [6.45, 7) is 2.83. The van der Waals surface area contributed by atoms with Crippen LogP contribution in [0.1, 0.15) is 28.8 Å². The van der Waals surface area contributed by atoms with Crippen molar-refractivity contribution >= 4 is 39.4 Å². The highest BCUT2D eigenvalue weighted by Gasteiger charge is 2.27. The lowest BCUT2D eigenvalue weighted by molar-refractivity contribution is -0.143. The predicted molar refractivity (Wildman–Crippen MR) is 80.2 cm³/mol. The number of likely N-dealkylation sites (tertiary alicyclic amines) is 1. The first-order chi connectivity index (χ1) is 9.40. The fourth-order valence-corrected chi connectivity index (χ4v) is 2.86. The van der Waals surface area contributed by atoms with E-state index in [-0.39, 0.29) is 11.8 Å². The van der Waals surface area contributed by atoms with Gasteiger partial charge in [-0.1, -0.05) is 11.6 Å². The second-order valence-electron chi connectivity index (χ2n) is 4.99. The number of carbonyl (C=O) groups is 2. The maximum absolute atomic E-state index is 12.4. The molecular weight excluding hydrogens is 346 g/mol. The van der Waals surface area contributed by atoms with Gasteiger partial charge in [0, 0.05) is 23.1 Å². The van der Waals surface area contributed by atoms with Crippen LogP contribution >= 0.6 is 27.5 Å². The van der Waals surface area contributed by atoms with Gasteiger partial charge < -0.3 is 10.0 Å². The maximum atomic E-state index is 12.4. The van der Waals surface area contributed by atoms with Crippen molar-refractivity contribution in [1.29, 1.82) is 0 Å². The van der Waals surface area contributed by atoms with Crippen molar-refractivity contribution in [3.63, 3.8) is 0 Å². The zero-order valence-electron chi connectivity index (χ0n) is 11.0. The Bertz CT molecular complexity index is 530. The lowest BCUT2D eigenvalue weighted by atomic mass is 9.96. The van der Waals surface area contributed by atoms with Crippen LogP contribution in [-0.4, -0.2) is 35.0 Å². The maximum Gasteiger partial charge on any atom is 0.306 e. The van der Waals surface area contributed by atoms with Crippen LogP contribution in [0.15, 0.2) is 16.6 Å². The van der Waals surface area contributed by atoms with E-state index in [1.807, 2.05) is 6.92 Å². The molecular formula is C14H15BrClNO3. The Hall–Kier alpha value is -1.07. The summed E-state index contributed by atoms with van der Waals surface area (Å²) in [7, 11) is 0. The van der Waals surface area contributed by atoms with Crippen molar-refractivity contribution in [2.75, 3.05) is 13.1 Å².